The molecule has 0 spiro atoms. The molecule has 5 nitrogen and oxygen atoms in total. The van der Waals surface area contributed by atoms with Gasteiger partial charge in [0.1, 0.15) is 0 Å². The summed E-state index contributed by atoms with van der Waals surface area (Å²) in [6, 6.07) is 5.65. The van der Waals surface area contributed by atoms with E-state index in [4.69, 9.17) is 5.73 Å². The summed E-state index contributed by atoms with van der Waals surface area (Å²) in [5.74, 6) is 0.805. The Morgan fingerprint density at radius 1 is 1.29 bits per heavy atom. The Kier molecular flexibility index (Phi) is 2.91. The van der Waals surface area contributed by atoms with Crippen LogP contribution < -0.4 is 5.73 Å². The van der Waals surface area contributed by atoms with Crippen LogP contribution in [0.4, 0.5) is 5.69 Å². The Morgan fingerprint density at radius 2 is 2.00 bits per heavy atom. The first-order valence-corrected chi connectivity index (χ1v) is 6.03. The van der Waals surface area contributed by atoms with E-state index in [2.05, 4.69) is 52.2 Å². The molecule has 0 saturated carbocycles. The van der Waals surface area contributed by atoms with Gasteiger partial charge in [-0.05, 0) is 44.6 Å². The molecule has 1 aromatic heterocycles. The van der Waals surface area contributed by atoms with Crippen molar-refractivity contribution in [3.8, 4) is 5.69 Å². The molecule has 1 heterocycles. The molecule has 0 atom stereocenters. The van der Waals surface area contributed by atoms with Gasteiger partial charge in [0.05, 0.1) is 5.69 Å². The Bertz CT molecular complexity index is 541. The molecule has 2 rings (SSSR count). The van der Waals surface area contributed by atoms with Crippen molar-refractivity contribution in [2.45, 2.75) is 26.2 Å². The predicted molar refractivity (Wildman–Crippen MR) is 70.0 cm³/mol. The summed E-state index contributed by atoms with van der Waals surface area (Å²) < 4.78 is 2.58. The normalized spacial score (nSPS) is 11.8. The molecule has 2 aromatic rings. The van der Waals surface area contributed by atoms with Crippen molar-refractivity contribution < 1.29 is 0 Å². The SMILES string of the molecule is CC(C)(C)c1nnnn1-c1ccc(Br)c(N)c1. The van der Waals surface area contributed by atoms with Crippen LogP contribution in [0.1, 0.15) is 26.6 Å². The zero-order valence-electron chi connectivity index (χ0n) is 9.98. The number of halogens is 1. The van der Waals surface area contributed by atoms with Gasteiger partial charge in [-0.3, -0.25) is 0 Å². The van der Waals surface area contributed by atoms with Gasteiger partial charge in [0.25, 0.3) is 0 Å². The van der Waals surface area contributed by atoms with Gasteiger partial charge < -0.3 is 5.73 Å². The third kappa shape index (κ3) is 2.31. The fourth-order valence-electron chi connectivity index (χ4n) is 1.49. The Labute approximate surface area is 108 Å². The number of rotatable bonds is 1. The minimum Gasteiger partial charge on any atom is -0.398 e. The molecule has 0 fully saturated rings. The largest absolute Gasteiger partial charge is 0.398 e. The first-order valence-electron chi connectivity index (χ1n) is 5.24. The molecule has 0 aliphatic rings. The number of benzene rings is 1. The highest BCUT2D eigenvalue weighted by Crippen LogP contribution is 2.25. The molecule has 90 valence electrons. The van der Waals surface area contributed by atoms with Crippen LogP contribution in [0.3, 0.4) is 0 Å². The van der Waals surface area contributed by atoms with Crippen LogP contribution in [0.2, 0.25) is 0 Å². The van der Waals surface area contributed by atoms with Gasteiger partial charge in [-0.15, -0.1) is 5.10 Å². The van der Waals surface area contributed by atoms with E-state index in [1.54, 1.807) is 4.68 Å². The van der Waals surface area contributed by atoms with E-state index in [1.807, 2.05) is 18.2 Å². The van der Waals surface area contributed by atoms with Crippen LogP contribution in [-0.2, 0) is 5.41 Å². The summed E-state index contributed by atoms with van der Waals surface area (Å²) in [6.45, 7) is 6.20. The molecule has 0 bridgehead atoms. The maximum atomic E-state index is 5.86. The highest BCUT2D eigenvalue weighted by molar-refractivity contribution is 9.10. The molecule has 0 saturated heterocycles. The standard InChI is InChI=1S/C11H14BrN5/c1-11(2,3)10-14-15-16-17(10)7-4-5-8(12)9(13)6-7/h4-6H,13H2,1-3H3. The second-order valence-electron chi connectivity index (χ2n) is 4.87. The lowest BCUT2D eigenvalue weighted by molar-refractivity contribution is 0.526. The fraction of sp³-hybridized carbons (Fsp3) is 0.364. The minimum atomic E-state index is -0.120. The van der Waals surface area contributed by atoms with Crippen molar-refractivity contribution in [1.82, 2.24) is 20.2 Å². The second kappa shape index (κ2) is 4.10. The lowest BCUT2D eigenvalue weighted by atomic mass is 9.96. The average Bonchev–Trinajstić information content (AvgIpc) is 2.70. The van der Waals surface area contributed by atoms with Crippen LogP contribution in [0.15, 0.2) is 22.7 Å². The summed E-state index contributed by atoms with van der Waals surface area (Å²) in [4.78, 5) is 0. The molecule has 0 amide bonds. The fourth-order valence-corrected chi connectivity index (χ4v) is 1.74. The topological polar surface area (TPSA) is 69.6 Å². The van der Waals surface area contributed by atoms with E-state index in [0.29, 0.717) is 5.69 Å². The third-order valence-corrected chi connectivity index (χ3v) is 3.09. The van der Waals surface area contributed by atoms with Crippen LogP contribution >= 0.6 is 15.9 Å². The summed E-state index contributed by atoms with van der Waals surface area (Å²) in [7, 11) is 0. The molecule has 0 aliphatic heterocycles. The smallest absolute Gasteiger partial charge is 0.162 e. The molecule has 2 N–H and O–H groups in total. The van der Waals surface area contributed by atoms with Gasteiger partial charge >= 0.3 is 0 Å². The number of hydrogen-bond acceptors (Lipinski definition) is 4. The van der Waals surface area contributed by atoms with Gasteiger partial charge in [0.2, 0.25) is 0 Å². The molecule has 0 unspecified atom stereocenters. The van der Waals surface area contributed by atoms with E-state index in [0.717, 1.165) is 16.0 Å². The lowest BCUT2D eigenvalue weighted by Crippen LogP contribution is -2.19. The van der Waals surface area contributed by atoms with Crippen LogP contribution in [0.25, 0.3) is 5.69 Å². The Morgan fingerprint density at radius 3 is 2.59 bits per heavy atom. The predicted octanol–water partition coefficient (Wildman–Crippen LogP) is 2.30. The molecule has 1 aromatic carbocycles. The van der Waals surface area contributed by atoms with Gasteiger partial charge in [-0.1, -0.05) is 20.8 Å². The first-order chi connectivity index (χ1) is 7.89. The van der Waals surface area contributed by atoms with Crippen molar-refractivity contribution in [3.05, 3.63) is 28.5 Å². The third-order valence-electron chi connectivity index (χ3n) is 2.36. The number of nitrogens with two attached hydrogens (primary N) is 1. The number of hydrogen-bond donors (Lipinski definition) is 1. The quantitative estimate of drug-likeness (QED) is 0.820. The summed E-state index contributed by atoms with van der Waals surface area (Å²) in [6.07, 6.45) is 0. The molecule has 6 heteroatoms. The van der Waals surface area contributed by atoms with E-state index >= 15 is 0 Å². The number of nitrogen functional groups attached to an aromatic ring is 1. The van der Waals surface area contributed by atoms with Gasteiger partial charge in [0, 0.05) is 15.6 Å². The van der Waals surface area contributed by atoms with E-state index in [1.165, 1.54) is 0 Å². The highest BCUT2D eigenvalue weighted by Gasteiger charge is 2.22. The Hall–Kier alpha value is -1.43. The summed E-state index contributed by atoms with van der Waals surface area (Å²) in [5.41, 5.74) is 7.26. The summed E-state index contributed by atoms with van der Waals surface area (Å²) in [5, 5.41) is 11.8. The van der Waals surface area contributed by atoms with E-state index in [9.17, 15) is 0 Å². The van der Waals surface area contributed by atoms with Gasteiger partial charge in [0.15, 0.2) is 5.82 Å². The average molecular weight is 296 g/mol. The van der Waals surface area contributed by atoms with Gasteiger partial charge in [-0.2, -0.15) is 4.68 Å². The van der Waals surface area contributed by atoms with Crippen molar-refractivity contribution in [3.63, 3.8) is 0 Å². The number of tetrazole rings is 1. The molecule has 0 aliphatic carbocycles. The number of aromatic nitrogens is 4. The van der Waals surface area contributed by atoms with Crippen LogP contribution in [0.5, 0.6) is 0 Å². The van der Waals surface area contributed by atoms with E-state index < -0.39 is 0 Å². The zero-order chi connectivity index (χ0) is 12.6. The minimum absolute atomic E-state index is 0.120. The van der Waals surface area contributed by atoms with Crippen LogP contribution in [-0.4, -0.2) is 20.2 Å². The van der Waals surface area contributed by atoms with E-state index in [-0.39, 0.29) is 5.41 Å². The molecule has 0 radical (unpaired) electrons. The van der Waals surface area contributed by atoms with Crippen LogP contribution in [0, 0.1) is 0 Å². The maximum Gasteiger partial charge on any atom is 0.162 e. The molecular formula is C11H14BrN5. The second-order valence-corrected chi connectivity index (χ2v) is 5.72. The Balaban J connectivity index is 2.54. The number of nitrogens with zero attached hydrogens (tertiary/aromatic N) is 4. The van der Waals surface area contributed by atoms with Crippen molar-refractivity contribution in [1.29, 1.82) is 0 Å². The van der Waals surface area contributed by atoms with Crippen molar-refractivity contribution in [2.75, 3.05) is 5.73 Å². The maximum absolute atomic E-state index is 5.86. The number of anilines is 1. The molecule has 17 heavy (non-hydrogen) atoms. The molecular weight excluding hydrogens is 282 g/mol. The van der Waals surface area contributed by atoms with Crippen molar-refractivity contribution >= 4 is 21.6 Å². The van der Waals surface area contributed by atoms with Gasteiger partial charge in [-0.25, -0.2) is 0 Å². The first kappa shape index (κ1) is 12.0. The summed E-state index contributed by atoms with van der Waals surface area (Å²) >= 11 is 3.36. The van der Waals surface area contributed by atoms with Crippen molar-refractivity contribution in [2.24, 2.45) is 0 Å². The lowest BCUT2D eigenvalue weighted by Gasteiger charge is -2.17. The monoisotopic (exact) mass is 295 g/mol. The zero-order valence-corrected chi connectivity index (χ0v) is 11.6. The highest BCUT2D eigenvalue weighted by atomic mass is 79.9.